The molecule has 13 heavy (non-hydrogen) atoms. The van der Waals surface area contributed by atoms with Crippen molar-refractivity contribution in [3.05, 3.63) is 33.8 Å². The van der Waals surface area contributed by atoms with Crippen molar-refractivity contribution < 1.29 is 4.79 Å². The smallest absolute Gasteiger partial charge is 0.138 e. The summed E-state index contributed by atoms with van der Waals surface area (Å²) in [5.41, 5.74) is 0.865. The fourth-order valence-electron chi connectivity index (χ4n) is 1.00. The summed E-state index contributed by atoms with van der Waals surface area (Å²) in [6.45, 7) is 0. The van der Waals surface area contributed by atoms with Crippen LogP contribution in [0.4, 0.5) is 0 Å². The van der Waals surface area contributed by atoms with Crippen LogP contribution in [-0.4, -0.2) is 11.7 Å². The van der Waals surface area contributed by atoms with Crippen molar-refractivity contribution in [2.45, 2.75) is 11.8 Å². The number of rotatable bonds is 3. The van der Waals surface area contributed by atoms with Crippen molar-refractivity contribution in [2.75, 3.05) is 0 Å². The molecule has 0 spiro atoms. The number of carbonyl (C=O) groups is 1. The van der Waals surface area contributed by atoms with Crippen molar-refractivity contribution in [2.24, 2.45) is 0 Å². The molecule has 0 aliphatic heterocycles. The monoisotopic (exact) mass is 236 g/mol. The van der Waals surface area contributed by atoms with Crippen molar-refractivity contribution in [1.82, 2.24) is 0 Å². The van der Waals surface area contributed by atoms with E-state index < -0.39 is 5.38 Å². The summed E-state index contributed by atoms with van der Waals surface area (Å²) < 4.78 is 0. The van der Waals surface area contributed by atoms with Crippen LogP contribution in [0.15, 0.2) is 18.2 Å². The Hall–Kier alpha value is -0.240. The van der Waals surface area contributed by atoms with E-state index >= 15 is 0 Å². The first kappa shape index (κ1) is 10.8. The van der Waals surface area contributed by atoms with Crippen LogP contribution in [0.5, 0.6) is 0 Å². The fraction of sp³-hybridized carbons (Fsp3) is 0.222. The molecule has 1 atom stereocenters. The predicted octanol–water partition coefficient (Wildman–Crippen LogP) is 3.34. The lowest BCUT2D eigenvalue weighted by Gasteiger charge is -2.03. The highest BCUT2D eigenvalue weighted by molar-refractivity contribution is 6.34. The molecule has 0 aromatic heterocycles. The Morgan fingerprint density at radius 3 is 2.23 bits per heavy atom. The summed E-state index contributed by atoms with van der Waals surface area (Å²) in [7, 11) is 0. The van der Waals surface area contributed by atoms with Crippen LogP contribution >= 0.6 is 34.8 Å². The van der Waals surface area contributed by atoms with E-state index in [0.717, 1.165) is 5.56 Å². The van der Waals surface area contributed by atoms with Crippen molar-refractivity contribution in [1.29, 1.82) is 0 Å². The van der Waals surface area contributed by atoms with Crippen LogP contribution in [0.3, 0.4) is 0 Å². The molecule has 0 amide bonds. The lowest BCUT2D eigenvalue weighted by molar-refractivity contribution is -0.107. The number of halogens is 3. The molecule has 0 saturated heterocycles. The molecule has 0 heterocycles. The first-order valence-corrected chi connectivity index (χ1v) is 4.85. The molecule has 0 radical (unpaired) electrons. The van der Waals surface area contributed by atoms with Crippen molar-refractivity contribution in [3.8, 4) is 0 Å². The second kappa shape index (κ2) is 4.85. The van der Waals surface area contributed by atoms with E-state index in [1.807, 2.05) is 0 Å². The summed E-state index contributed by atoms with van der Waals surface area (Å²) >= 11 is 17.2. The molecule has 70 valence electrons. The highest BCUT2D eigenvalue weighted by Crippen LogP contribution is 2.20. The number of hydrogen-bond acceptors (Lipinski definition) is 1. The van der Waals surface area contributed by atoms with Gasteiger partial charge in [0.2, 0.25) is 0 Å². The second-order valence-corrected chi connectivity index (χ2v) is 4.07. The van der Waals surface area contributed by atoms with E-state index in [-0.39, 0.29) is 0 Å². The lowest BCUT2D eigenvalue weighted by atomic mass is 10.1. The van der Waals surface area contributed by atoms with E-state index in [0.29, 0.717) is 22.8 Å². The fourth-order valence-corrected chi connectivity index (χ4v) is 1.75. The molecule has 1 nitrogen and oxygen atoms in total. The quantitative estimate of drug-likeness (QED) is 0.582. The molecule has 0 saturated carbocycles. The third-order valence-electron chi connectivity index (χ3n) is 1.50. The topological polar surface area (TPSA) is 17.1 Å². The van der Waals surface area contributed by atoms with Crippen LogP contribution in [0.25, 0.3) is 0 Å². The Morgan fingerprint density at radius 1 is 1.23 bits per heavy atom. The maximum Gasteiger partial charge on any atom is 0.138 e. The molecular weight excluding hydrogens is 230 g/mol. The van der Waals surface area contributed by atoms with Gasteiger partial charge in [0.1, 0.15) is 6.29 Å². The summed E-state index contributed by atoms with van der Waals surface area (Å²) in [5, 5.41) is 0.587. The van der Waals surface area contributed by atoms with Gasteiger partial charge >= 0.3 is 0 Å². The standard InChI is InChI=1S/C9H7Cl3O/c10-7-1-6(2-8(11)4-7)3-9(12)5-13/h1-2,4-5,9H,3H2. The Kier molecular flexibility index (Phi) is 4.04. The summed E-state index contributed by atoms with van der Waals surface area (Å²) in [5.74, 6) is 0. The minimum Gasteiger partial charge on any atom is -0.302 e. The minimum atomic E-state index is -0.519. The van der Waals surface area contributed by atoms with Gasteiger partial charge in [-0.1, -0.05) is 23.2 Å². The first-order valence-electron chi connectivity index (χ1n) is 3.66. The van der Waals surface area contributed by atoms with Gasteiger partial charge in [-0.2, -0.15) is 0 Å². The summed E-state index contributed by atoms with van der Waals surface area (Å²) in [4.78, 5) is 10.3. The van der Waals surface area contributed by atoms with Gasteiger partial charge < -0.3 is 4.79 Å². The summed E-state index contributed by atoms with van der Waals surface area (Å²) in [6, 6.07) is 5.12. The third-order valence-corrected chi connectivity index (χ3v) is 2.19. The maximum absolute atomic E-state index is 10.3. The van der Waals surface area contributed by atoms with Gasteiger partial charge in [0.15, 0.2) is 0 Å². The van der Waals surface area contributed by atoms with E-state index in [4.69, 9.17) is 34.8 Å². The van der Waals surface area contributed by atoms with Crippen molar-refractivity contribution >= 4 is 41.1 Å². The molecule has 0 fully saturated rings. The highest BCUT2D eigenvalue weighted by Gasteiger charge is 2.05. The number of carbonyl (C=O) groups excluding carboxylic acids is 1. The Balaban J connectivity index is 2.82. The minimum absolute atomic E-state index is 0.450. The van der Waals surface area contributed by atoms with Crippen LogP contribution in [0.1, 0.15) is 5.56 Å². The van der Waals surface area contributed by atoms with Gasteiger partial charge in [0.25, 0.3) is 0 Å². The second-order valence-electron chi connectivity index (χ2n) is 2.63. The van der Waals surface area contributed by atoms with Crippen LogP contribution in [0, 0.1) is 0 Å². The molecular formula is C9H7Cl3O. The lowest BCUT2D eigenvalue weighted by Crippen LogP contribution is -2.03. The van der Waals surface area contributed by atoms with Gasteiger partial charge in [-0.25, -0.2) is 0 Å². The van der Waals surface area contributed by atoms with Gasteiger partial charge in [0.05, 0.1) is 5.38 Å². The molecule has 1 unspecified atom stereocenters. The molecule has 0 aliphatic carbocycles. The van der Waals surface area contributed by atoms with Crippen LogP contribution in [-0.2, 0) is 11.2 Å². The molecule has 4 heteroatoms. The zero-order valence-electron chi connectivity index (χ0n) is 6.64. The zero-order valence-corrected chi connectivity index (χ0v) is 8.90. The highest BCUT2D eigenvalue weighted by atomic mass is 35.5. The predicted molar refractivity (Wildman–Crippen MR) is 55.9 cm³/mol. The van der Waals surface area contributed by atoms with Gasteiger partial charge in [-0.3, -0.25) is 0 Å². The van der Waals surface area contributed by atoms with Gasteiger partial charge in [-0.15, -0.1) is 11.6 Å². The Labute approximate surface area is 91.6 Å². The maximum atomic E-state index is 10.3. The normalized spacial score (nSPS) is 12.5. The number of benzene rings is 1. The number of alkyl halides is 1. The molecule has 1 aromatic rings. The van der Waals surface area contributed by atoms with E-state index in [1.165, 1.54) is 0 Å². The Bertz CT molecular complexity index is 291. The number of aldehydes is 1. The largest absolute Gasteiger partial charge is 0.302 e. The van der Waals surface area contributed by atoms with Crippen LogP contribution in [0.2, 0.25) is 10.0 Å². The molecule has 0 bridgehead atoms. The first-order chi connectivity index (χ1) is 6.11. The van der Waals surface area contributed by atoms with Gasteiger partial charge in [0, 0.05) is 10.0 Å². The molecule has 1 aromatic carbocycles. The SMILES string of the molecule is O=CC(Cl)Cc1cc(Cl)cc(Cl)c1. The van der Waals surface area contributed by atoms with E-state index in [2.05, 4.69) is 0 Å². The van der Waals surface area contributed by atoms with Crippen molar-refractivity contribution in [3.63, 3.8) is 0 Å². The zero-order chi connectivity index (χ0) is 9.84. The molecule has 0 N–H and O–H groups in total. The number of hydrogen-bond donors (Lipinski definition) is 0. The van der Waals surface area contributed by atoms with E-state index in [9.17, 15) is 4.79 Å². The third kappa shape index (κ3) is 3.55. The average molecular weight is 238 g/mol. The summed E-state index contributed by atoms with van der Waals surface area (Å²) in [6.07, 6.45) is 1.14. The van der Waals surface area contributed by atoms with E-state index in [1.54, 1.807) is 18.2 Å². The molecule has 0 aliphatic rings. The van der Waals surface area contributed by atoms with Crippen LogP contribution < -0.4 is 0 Å². The molecule has 1 rings (SSSR count). The Morgan fingerprint density at radius 2 is 1.77 bits per heavy atom. The van der Waals surface area contributed by atoms with Gasteiger partial charge in [-0.05, 0) is 30.2 Å². The average Bonchev–Trinajstić information content (AvgIpc) is 2.02.